The van der Waals surface area contributed by atoms with Crippen molar-refractivity contribution < 1.29 is 23.9 Å². The van der Waals surface area contributed by atoms with Crippen LogP contribution in [0.2, 0.25) is 0 Å². The van der Waals surface area contributed by atoms with E-state index >= 15 is 0 Å². The van der Waals surface area contributed by atoms with Crippen LogP contribution >= 0.6 is 0 Å². The molecule has 0 saturated carbocycles. The Balaban J connectivity index is 1.85. The smallest absolute Gasteiger partial charge is 0.338 e. The molecule has 0 aliphatic heterocycles. The molecule has 2 aromatic carbocycles. The van der Waals surface area contributed by atoms with Gasteiger partial charge >= 0.3 is 11.9 Å². The predicted octanol–water partition coefficient (Wildman–Crippen LogP) is 3.11. The minimum Gasteiger partial charge on any atom is -0.459 e. The molecule has 0 heterocycles. The third-order valence-corrected chi connectivity index (χ3v) is 3.70. The third-order valence-electron chi connectivity index (χ3n) is 3.70. The van der Waals surface area contributed by atoms with Gasteiger partial charge in [0.1, 0.15) is 0 Å². The second-order valence-corrected chi connectivity index (χ2v) is 6.60. The molecular formula is C21H24N2O5. The number of anilines is 2. The fourth-order valence-electron chi connectivity index (χ4n) is 2.28. The van der Waals surface area contributed by atoms with Gasteiger partial charge in [0, 0.05) is 25.5 Å². The van der Waals surface area contributed by atoms with E-state index in [1.165, 1.54) is 0 Å². The molecule has 0 saturated heterocycles. The highest BCUT2D eigenvalue weighted by molar-refractivity contribution is 5.96. The number of hydrogen-bond acceptors (Lipinski definition) is 6. The van der Waals surface area contributed by atoms with Crippen LogP contribution in [0.1, 0.15) is 34.6 Å². The van der Waals surface area contributed by atoms with E-state index in [2.05, 4.69) is 5.32 Å². The first-order valence-corrected chi connectivity index (χ1v) is 8.81. The van der Waals surface area contributed by atoms with E-state index in [1.54, 1.807) is 62.4 Å². The van der Waals surface area contributed by atoms with E-state index in [4.69, 9.17) is 9.47 Å². The quantitative estimate of drug-likeness (QED) is 0.739. The molecule has 2 aromatic rings. The monoisotopic (exact) mass is 384 g/mol. The first kappa shape index (κ1) is 21.0. The normalized spacial score (nSPS) is 10.3. The van der Waals surface area contributed by atoms with Crippen LogP contribution in [0.4, 0.5) is 11.4 Å². The van der Waals surface area contributed by atoms with Crippen molar-refractivity contribution in [2.45, 2.75) is 20.0 Å². The fourth-order valence-corrected chi connectivity index (χ4v) is 2.28. The molecule has 0 aromatic heterocycles. The van der Waals surface area contributed by atoms with Gasteiger partial charge in [0.05, 0.1) is 17.2 Å². The lowest BCUT2D eigenvalue weighted by molar-refractivity contribution is -0.119. The van der Waals surface area contributed by atoms with Crippen molar-refractivity contribution in [1.82, 2.24) is 0 Å². The van der Waals surface area contributed by atoms with Crippen LogP contribution in [-0.2, 0) is 14.3 Å². The number of carbonyl (C=O) groups is 3. The van der Waals surface area contributed by atoms with Crippen molar-refractivity contribution in [1.29, 1.82) is 0 Å². The number of esters is 2. The van der Waals surface area contributed by atoms with Crippen molar-refractivity contribution in [3.63, 3.8) is 0 Å². The highest BCUT2D eigenvalue weighted by Crippen LogP contribution is 2.14. The molecule has 1 amide bonds. The number of hydrogen-bond donors (Lipinski definition) is 1. The average Bonchev–Trinajstić information content (AvgIpc) is 2.66. The van der Waals surface area contributed by atoms with Gasteiger partial charge in [0.2, 0.25) is 0 Å². The zero-order valence-electron chi connectivity index (χ0n) is 16.4. The molecule has 148 valence electrons. The van der Waals surface area contributed by atoms with Crippen LogP contribution in [0.15, 0.2) is 48.5 Å². The summed E-state index contributed by atoms with van der Waals surface area (Å²) in [5.74, 6) is -1.48. The summed E-state index contributed by atoms with van der Waals surface area (Å²) in [4.78, 5) is 37.7. The molecule has 0 spiro atoms. The van der Waals surface area contributed by atoms with Crippen molar-refractivity contribution in [3.05, 3.63) is 59.7 Å². The van der Waals surface area contributed by atoms with Gasteiger partial charge in [-0.2, -0.15) is 0 Å². The van der Waals surface area contributed by atoms with Gasteiger partial charge in [-0.05, 0) is 62.4 Å². The van der Waals surface area contributed by atoms with E-state index in [-0.39, 0.29) is 6.10 Å². The van der Waals surface area contributed by atoms with Gasteiger partial charge < -0.3 is 19.7 Å². The standard InChI is InChI=1S/C21H24N2O5/c1-14(2)28-21(26)16-5-9-17(10-6-16)22-19(24)13-27-20(25)15-7-11-18(12-8-15)23(3)4/h5-12,14H,13H2,1-4H3,(H,22,24). The van der Waals surface area contributed by atoms with E-state index < -0.39 is 24.5 Å². The van der Waals surface area contributed by atoms with Crippen LogP contribution in [0, 0.1) is 0 Å². The van der Waals surface area contributed by atoms with Crippen molar-refractivity contribution in [3.8, 4) is 0 Å². The summed E-state index contributed by atoms with van der Waals surface area (Å²) in [6.07, 6.45) is -0.208. The van der Waals surface area contributed by atoms with E-state index in [1.807, 2.05) is 19.0 Å². The zero-order valence-corrected chi connectivity index (χ0v) is 16.4. The van der Waals surface area contributed by atoms with Gasteiger partial charge in [0.15, 0.2) is 6.61 Å². The largest absolute Gasteiger partial charge is 0.459 e. The van der Waals surface area contributed by atoms with Gasteiger partial charge in [-0.3, -0.25) is 4.79 Å². The van der Waals surface area contributed by atoms with Crippen LogP contribution in [-0.4, -0.2) is 44.7 Å². The maximum absolute atomic E-state index is 12.0. The Hall–Kier alpha value is -3.35. The number of amides is 1. The van der Waals surface area contributed by atoms with Gasteiger partial charge in [-0.1, -0.05) is 0 Å². The third kappa shape index (κ3) is 6.12. The lowest BCUT2D eigenvalue weighted by Crippen LogP contribution is -2.21. The second-order valence-electron chi connectivity index (χ2n) is 6.60. The molecule has 0 fully saturated rings. The zero-order chi connectivity index (χ0) is 20.7. The fraction of sp³-hybridized carbons (Fsp3) is 0.286. The van der Waals surface area contributed by atoms with Crippen LogP contribution < -0.4 is 10.2 Å². The minimum atomic E-state index is -0.577. The number of nitrogens with one attached hydrogen (secondary N) is 1. The molecule has 0 aliphatic carbocycles. The van der Waals surface area contributed by atoms with Crippen LogP contribution in [0.3, 0.4) is 0 Å². The Kier molecular flexibility index (Phi) is 7.14. The summed E-state index contributed by atoms with van der Waals surface area (Å²) in [5, 5.41) is 2.60. The number of benzene rings is 2. The Morgan fingerprint density at radius 3 is 1.96 bits per heavy atom. The lowest BCUT2D eigenvalue weighted by Gasteiger charge is -2.12. The molecule has 0 radical (unpaired) electrons. The van der Waals surface area contributed by atoms with E-state index in [9.17, 15) is 14.4 Å². The first-order valence-electron chi connectivity index (χ1n) is 8.81. The summed E-state index contributed by atoms with van der Waals surface area (Å²) in [6.45, 7) is 3.13. The topological polar surface area (TPSA) is 84.9 Å². The van der Waals surface area contributed by atoms with E-state index in [0.717, 1.165) is 5.69 Å². The van der Waals surface area contributed by atoms with Crippen molar-refractivity contribution in [2.75, 3.05) is 30.9 Å². The van der Waals surface area contributed by atoms with Crippen molar-refractivity contribution >= 4 is 29.2 Å². The maximum atomic E-state index is 12.0. The SMILES string of the molecule is CC(C)OC(=O)c1ccc(NC(=O)COC(=O)c2ccc(N(C)C)cc2)cc1. The predicted molar refractivity (Wildman–Crippen MR) is 107 cm³/mol. The molecular weight excluding hydrogens is 360 g/mol. The second kappa shape index (κ2) is 9.55. The van der Waals surface area contributed by atoms with Crippen molar-refractivity contribution in [2.24, 2.45) is 0 Å². The molecule has 0 unspecified atom stereocenters. The molecule has 0 atom stereocenters. The summed E-state index contributed by atoms with van der Waals surface area (Å²) in [7, 11) is 3.80. The molecule has 2 rings (SSSR count). The first-order chi connectivity index (χ1) is 13.3. The number of ether oxygens (including phenoxy) is 2. The highest BCUT2D eigenvalue weighted by atomic mass is 16.5. The summed E-state index contributed by atoms with van der Waals surface area (Å²) < 4.78 is 10.1. The molecule has 1 N–H and O–H groups in total. The number of nitrogens with zero attached hydrogens (tertiary/aromatic N) is 1. The molecule has 28 heavy (non-hydrogen) atoms. The lowest BCUT2D eigenvalue weighted by atomic mass is 10.2. The van der Waals surface area contributed by atoms with Gasteiger partial charge in [-0.15, -0.1) is 0 Å². The summed E-state index contributed by atoms with van der Waals surface area (Å²) >= 11 is 0. The van der Waals surface area contributed by atoms with Crippen LogP contribution in [0.5, 0.6) is 0 Å². The molecule has 7 heteroatoms. The summed E-state index contributed by atoms with van der Waals surface area (Å²) in [5.41, 5.74) is 2.19. The Bertz CT molecular complexity index is 827. The van der Waals surface area contributed by atoms with E-state index in [0.29, 0.717) is 16.8 Å². The Labute approximate surface area is 164 Å². The molecule has 0 aliphatic rings. The minimum absolute atomic E-state index is 0.208. The molecule has 0 bridgehead atoms. The Morgan fingerprint density at radius 1 is 0.893 bits per heavy atom. The highest BCUT2D eigenvalue weighted by Gasteiger charge is 2.12. The van der Waals surface area contributed by atoms with Gasteiger partial charge in [-0.25, -0.2) is 9.59 Å². The maximum Gasteiger partial charge on any atom is 0.338 e. The average molecular weight is 384 g/mol. The number of carbonyl (C=O) groups excluding carboxylic acids is 3. The number of rotatable bonds is 7. The van der Waals surface area contributed by atoms with Crippen LogP contribution in [0.25, 0.3) is 0 Å². The Morgan fingerprint density at radius 2 is 1.43 bits per heavy atom. The summed E-state index contributed by atoms with van der Waals surface area (Å²) in [6, 6.07) is 13.1. The molecule has 7 nitrogen and oxygen atoms in total. The van der Waals surface area contributed by atoms with Gasteiger partial charge in [0.25, 0.3) is 5.91 Å².